The van der Waals surface area contributed by atoms with Gasteiger partial charge < -0.3 is 22.1 Å². The van der Waals surface area contributed by atoms with Gasteiger partial charge in [-0.05, 0) is 94.7 Å². The van der Waals surface area contributed by atoms with Gasteiger partial charge in [0.05, 0.1) is 0 Å². The van der Waals surface area contributed by atoms with Gasteiger partial charge in [0, 0.05) is 32.4 Å². The largest absolute Gasteiger partial charge is 0.500 e. The maximum absolute atomic E-state index is 6.22. The topological polar surface area (TPSA) is 34.2 Å². The van der Waals surface area contributed by atoms with Gasteiger partial charge >= 0.3 is 8.80 Å². The second kappa shape index (κ2) is 19.7. The molecule has 0 aromatic carbocycles. The van der Waals surface area contributed by atoms with E-state index < -0.39 is 33.5 Å². The van der Waals surface area contributed by atoms with Crippen molar-refractivity contribution in [3.63, 3.8) is 0 Å². The van der Waals surface area contributed by atoms with Crippen molar-refractivity contribution in [1.82, 2.24) is 8.80 Å². The molecule has 0 aliphatic carbocycles. The summed E-state index contributed by atoms with van der Waals surface area (Å²) in [7, 11) is -7.04. The fourth-order valence-electron chi connectivity index (χ4n) is 7.34. The molecule has 9 heteroatoms. The molecule has 0 radical (unpaired) electrons. The highest BCUT2D eigenvalue weighted by Gasteiger charge is 2.47. The summed E-state index contributed by atoms with van der Waals surface area (Å²) in [6.45, 7) is 34.4. The number of hydrogen-bond acceptors (Lipinski definition) is 5. The van der Waals surface area contributed by atoms with Crippen molar-refractivity contribution in [1.29, 1.82) is 0 Å². The van der Waals surface area contributed by atoms with Crippen molar-refractivity contribution in [3.05, 3.63) is 0 Å². The van der Waals surface area contributed by atoms with Crippen LogP contribution in [0.4, 0.5) is 0 Å². The van der Waals surface area contributed by atoms with Crippen molar-refractivity contribution < 1.29 is 13.3 Å². The number of hydrogen-bond donors (Lipinski definition) is 0. The van der Waals surface area contributed by atoms with Crippen LogP contribution in [-0.2, 0) is 13.3 Å². The van der Waals surface area contributed by atoms with Crippen molar-refractivity contribution in [2.45, 2.75) is 150 Å². The lowest BCUT2D eigenvalue weighted by atomic mass is 10.4. The quantitative estimate of drug-likeness (QED) is 0.0969. The minimum Gasteiger partial charge on any atom is -0.374 e. The molecular formula is C29H70N2O3Si4. The van der Waals surface area contributed by atoms with Crippen molar-refractivity contribution in [3.8, 4) is 0 Å². The van der Waals surface area contributed by atoms with E-state index in [4.69, 9.17) is 13.3 Å². The molecule has 0 heterocycles. The Kier molecular flexibility index (Phi) is 20.1. The van der Waals surface area contributed by atoms with E-state index in [9.17, 15) is 0 Å². The molecule has 0 aliphatic rings. The van der Waals surface area contributed by atoms with Crippen LogP contribution in [0.3, 0.4) is 0 Å². The van der Waals surface area contributed by atoms with Crippen LogP contribution in [-0.4, -0.2) is 81.8 Å². The average molecular weight is 607 g/mol. The van der Waals surface area contributed by atoms with E-state index >= 15 is 0 Å². The van der Waals surface area contributed by atoms with E-state index in [0.29, 0.717) is 19.8 Å². The minimum atomic E-state index is -2.60. The first-order valence-electron chi connectivity index (χ1n) is 16.6. The molecule has 0 spiro atoms. The lowest BCUT2D eigenvalue weighted by Crippen LogP contribution is -2.68. The van der Waals surface area contributed by atoms with E-state index in [1.807, 2.05) is 0 Å². The molecule has 0 saturated carbocycles. The summed E-state index contributed by atoms with van der Waals surface area (Å²) in [6, 6.07) is 13.4. The third kappa shape index (κ3) is 9.61. The highest BCUT2D eigenvalue weighted by molar-refractivity contribution is 6.92. The fourth-order valence-corrected chi connectivity index (χ4v) is 27.3. The lowest BCUT2D eigenvalue weighted by molar-refractivity contribution is 0.0704. The molecule has 38 heavy (non-hydrogen) atoms. The summed E-state index contributed by atoms with van der Waals surface area (Å²) in [5.74, 6) is 0. The van der Waals surface area contributed by atoms with Crippen molar-refractivity contribution in [2.75, 3.05) is 39.5 Å². The second-order valence-corrected chi connectivity index (χ2v) is 29.7. The van der Waals surface area contributed by atoms with Crippen molar-refractivity contribution in [2.24, 2.45) is 0 Å². The standard InChI is InChI=1S/C29H70N2O3Si4/c1-13-32-38(33-14-2,34-15-3)29-25-26-30(35(16-4,17-5)18-6)27-28-31(36(19-7,20-8)21-9)37(22-10,23-11)24-12/h13-29H2,1-12H3. The Hall–Kier alpha value is 0.668. The smallest absolute Gasteiger partial charge is 0.374 e. The fraction of sp³-hybridized carbons (Fsp3) is 1.00. The zero-order valence-electron chi connectivity index (χ0n) is 28.1. The van der Waals surface area contributed by atoms with Gasteiger partial charge in [0.2, 0.25) is 0 Å². The molecule has 0 saturated heterocycles. The Bertz CT molecular complexity index is 526. The predicted molar refractivity (Wildman–Crippen MR) is 180 cm³/mol. The third-order valence-corrected chi connectivity index (χ3v) is 32.7. The van der Waals surface area contributed by atoms with Crippen LogP contribution in [0.25, 0.3) is 0 Å². The van der Waals surface area contributed by atoms with Gasteiger partial charge in [0.1, 0.15) is 24.7 Å². The molecule has 0 amide bonds. The minimum absolute atomic E-state index is 0.665. The highest BCUT2D eigenvalue weighted by atomic mass is 28.4. The van der Waals surface area contributed by atoms with Gasteiger partial charge in [-0.3, -0.25) is 0 Å². The van der Waals surface area contributed by atoms with E-state index in [1.54, 1.807) is 0 Å². The first-order valence-corrected chi connectivity index (χ1v) is 26.3. The zero-order chi connectivity index (χ0) is 29.3. The molecule has 0 unspecified atom stereocenters. The van der Waals surface area contributed by atoms with Gasteiger partial charge in [0.15, 0.2) is 0 Å². The summed E-state index contributed by atoms with van der Waals surface area (Å²) in [4.78, 5) is 0. The molecule has 0 aromatic heterocycles. The van der Waals surface area contributed by atoms with Crippen LogP contribution >= 0.6 is 0 Å². The molecular weight excluding hydrogens is 537 g/mol. The molecule has 0 bridgehead atoms. The van der Waals surface area contributed by atoms with E-state index in [0.717, 1.165) is 19.0 Å². The SMILES string of the molecule is CCO[Si](CCCN(CCN([Si](CC)(CC)CC)[Si](CC)(CC)CC)[Si](CC)(CC)CC)(OCC)OCC. The van der Waals surface area contributed by atoms with Gasteiger partial charge in [-0.2, -0.15) is 0 Å². The third-order valence-electron chi connectivity index (χ3n) is 10.3. The predicted octanol–water partition coefficient (Wildman–Crippen LogP) is 9.04. The van der Waals surface area contributed by atoms with Gasteiger partial charge in [-0.15, -0.1) is 0 Å². The average Bonchev–Trinajstić information content (AvgIpc) is 2.94. The summed E-state index contributed by atoms with van der Waals surface area (Å²) < 4.78 is 25.0. The van der Waals surface area contributed by atoms with E-state index in [-0.39, 0.29) is 0 Å². The van der Waals surface area contributed by atoms with Gasteiger partial charge in [0.25, 0.3) is 0 Å². The number of nitrogens with zero attached hydrogens (tertiary/aromatic N) is 2. The Labute approximate surface area is 244 Å². The first kappa shape index (κ1) is 38.7. The maximum Gasteiger partial charge on any atom is 0.500 e. The van der Waals surface area contributed by atoms with Crippen LogP contribution in [0.1, 0.15) is 89.5 Å². The molecule has 230 valence electrons. The molecule has 0 fully saturated rings. The zero-order valence-corrected chi connectivity index (χ0v) is 32.1. The Morgan fingerprint density at radius 3 is 1.05 bits per heavy atom. The molecule has 0 aromatic rings. The Balaban J connectivity index is 6.23. The van der Waals surface area contributed by atoms with Crippen LogP contribution < -0.4 is 0 Å². The van der Waals surface area contributed by atoms with Crippen LogP contribution in [0.5, 0.6) is 0 Å². The summed E-state index contributed by atoms with van der Waals surface area (Å²) in [5, 5.41) is 0. The van der Waals surface area contributed by atoms with E-state index in [1.165, 1.54) is 67.5 Å². The highest BCUT2D eigenvalue weighted by Crippen LogP contribution is 2.36. The van der Waals surface area contributed by atoms with Crippen LogP contribution in [0.2, 0.25) is 60.4 Å². The molecule has 0 N–H and O–H groups in total. The van der Waals surface area contributed by atoms with Crippen LogP contribution in [0.15, 0.2) is 0 Å². The van der Waals surface area contributed by atoms with Gasteiger partial charge in [-0.1, -0.05) is 62.3 Å². The Morgan fingerprint density at radius 1 is 0.421 bits per heavy atom. The first-order chi connectivity index (χ1) is 18.2. The molecule has 0 aliphatic heterocycles. The molecule has 0 atom stereocenters. The monoisotopic (exact) mass is 606 g/mol. The summed E-state index contributed by atoms with van der Waals surface area (Å²) in [5.41, 5.74) is 0. The Morgan fingerprint density at radius 2 is 0.763 bits per heavy atom. The second-order valence-electron chi connectivity index (χ2n) is 11.1. The lowest BCUT2D eigenvalue weighted by Gasteiger charge is -2.53. The molecule has 0 rings (SSSR count). The van der Waals surface area contributed by atoms with Crippen LogP contribution in [0, 0.1) is 0 Å². The van der Waals surface area contributed by atoms with E-state index in [2.05, 4.69) is 91.9 Å². The maximum atomic E-state index is 6.22. The normalized spacial score (nSPS) is 13.7. The summed E-state index contributed by atoms with van der Waals surface area (Å²) in [6.07, 6.45) is 1.11. The molecule has 5 nitrogen and oxygen atoms in total. The van der Waals surface area contributed by atoms with Gasteiger partial charge in [-0.25, -0.2) is 0 Å². The summed E-state index contributed by atoms with van der Waals surface area (Å²) >= 11 is 0. The number of rotatable bonds is 25. The van der Waals surface area contributed by atoms with Crippen molar-refractivity contribution >= 4 is 33.5 Å².